The molecule has 0 bridgehead atoms. The van der Waals surface area contributed by atoms with E-state index in [1.807, 2.05) is 6.92 Å². The molecule has 5 nitrogen and oxygen atoms in total. The molecule has 0 aromatic carbocycles. The van der Waals surface area contributed by atoms with Crippen molar-refractivity contribution in [1.29, 1.82) is 0 Å². The van der Waals surface area contributed by atoms with Crippen molar-refractivity contribution in [1.82, 2.24) is 10.6 Å². The van der Waals surface area contributed by atoms with E-state index in [0.29, 0.717) is 19.4 Å². The summed E-state index contributed by atoms with van der Waals surface area (Å²) in [4.78, 5) is 21.7. The van der Waals surface area contributed by atoms with Crippen molar-refractivity contribution in [2.75, 3.05) is 6.54 Å². The topological polar surface area (TPSA) is 78.4 Å². The van der Waals surface area contributed by atoms with Crippen molar-refractivity contribution in [2.45, 2.75) is 38.3 Å². The molecule has 2 unspecified atom stereocenters. The van der Waals surface area contributed by atoms with Gasteiger partial charge in [-0.25, -0.2) is 0 Å². The summed E-state index contributed by atoms with van der Waals surface area (Å²) in [5.74, 6) is -0.852. The minimum atomic E-state index is -0.841. The first kappa shape index (κ1) is 11.0. The van der Waals surface area contributed by atoms with E-state index < -0.39 is 12.0 Å². The van der Waals surface area contributed by atoms with Gasteiger partial charge in [-0.15, -0.1) is 0 Å². The third-order valence-corrected chi connectivity index (χ3v) is 2.29. The molecule has 80 valence electrons. The van der Waals surface area contributed by atoms with E-state index in [4.69, 9.17) is 5.11 Å². The van der Waals surface area contributed by atoms with Crippen molar-refractivity contribution in [3.05, 3.63) is 0 Å². The molecule has 1 saturated heterocycles. The van der Waals surface area contributed by atoms with Crippen molar-refractivity contribution >= 4 is 11.9 Å². The number of nitrogens with one attached hydrogen (secondary N) is 2. The molecular formula is C9H16N2O3. The summed E-state index contributed by atoms with van der Waals surface area (Å²) in [6.07, 6.45) is 1.80. The van der Waals surface area contributed by atoms with Crippen molar-refractivity contribution in [3.63, 3.8) is 0 Å². The molecule has 0 aliphatic carbocycles. The lowest BCUT2D eigenvalue weighted by Crippen LogP contribution is -2.44. The number of amides is 1. The normalized spacial score (nSPS) is 23.2. The van der Waals surface area contributed by atoms with Gasteiger partial charge in [0, 0.05) is 19.0 Å². The Morgan fingerprint density at radius 3 is 2.93 bits per heavy atom. The lowest BCUT2D eigenvalue weighted by molar-refractivity contribution is -0.140. The first-order chi connectivity index (χ1) is 6.63. The molecule has 0 saturated carbocycles. The highest BCUT2D eigenvalue weighted by atomic mass is 16.4. The van der Waals surface area contributed by atoms with Crippen LogP contribution in [0.4, 0.5) is 0 Å². The summed E-state index contributed by atoms with van der Waals surface area (Å²) < 4.78 is 0. The Balaban J connectivity index is 2.39. The van der Waals surface area contributed by atoms with Gasteiger partial charge in [-0.05, 0) is 6.42 Å². The van der Waals surface area contributed by atoms with Crippen molar-refractivity contribution < 1.29 is 14.7 Å². The Labute approximate surface area is 82.9 Å². The third-order valence-electron chi connectivity index (χ3n) is 2.29. The summed E-state index contributed by atoms with van der Waals surface area (Å²) in [7, 11) is 0. The van der Waals surface area contributed by atoms with Gasteiger partial charge in [0.1, 0.15) is 6.04 Å². The van der Waals surface area contributed by atoms with Crippen LogP contribution in [0.15, 0.2) is 0 Å². The van der Waals surface area contributed by atoms with Crippen LogP contribution in [-0.4, -0.2) is 35.6 Å². The highest BCUT2D eigenvalue weighted by Crippen LogP contribution is 2.04. The number of carboxylic acid groups (broad SMARTS) is 1. The van der Waals surface area contributed by atoms with Gasteiger partial charge in [0.05, 0.1) is 0 Å². The van der Waals surface area contributed by atoms with Gasteiger partial charge in [-0.2, -0.15) is 0 Å². The molecule has 1 heterocycles. The summed E-state index contributed by atoms with van der Waals surface area (Å²) in [5.41, 5.74) is 0. The maximum absolute atomic E-state index is 10.9. The van der Waals surface area contributed by atoms with Gasteiger partial charge in [0.15, 0.2) is 0 Å². The van der Waals surface area contributed by atoms with E-state index in [2.05, 4.69) is 10.6 Å². The highest BCUT2D eigenvalue weighted by Gasteiger charge is 2.26. The Morgan fingerprint density at radius 2 is 2.50 bits per heavy atom. The van der Waals surface area contributed by atoms with Crippen LogP contribution in [0.1, 0.15) is 26.2 Å². The molecule has 3 N–H and O–H groups in total. The predicted molar refractivity (Wildman–Crippen MR) is 50.9 cm³/mol. The van der Waals surface area contributed by atoms with Gasteiger partial charge in [-0.1, -0.05) is 13.3 Å². The monoisotopic (exact) mass is 200 g/mol. The molecule has 0 spiro atoms. The van der Waals surface area contributed by atoms with Crippen LogP contribution in [-0.2, 0) is 9.59 Å². The van der Waals surface area contributed by atoms with Crippen molar-refractivity contribution in [3.8, 4) is 0 Å². The van der Waals surface area contributed by atoms with Crippen LogP contribution in [0.5, 0.6) is 0 Å². The van der Waals surface area contributed by atoms with E-state index >= 15 is 0 Å². The Morgan fingerprint density at radius 1 is 1.79 bits per heavy atom. The minimum absolute atomic E-state index is 0.0110. The fourth-order valence-corrected chi connectivity index (χ4v) is 1.57. The molecule has 0 aromatic rings. The molecule has 0 aromatic heterocycles. The van der Waals surface area contributed by atoms with E-state index in [0.717, 1.165) is 6.42 Å². The Kier molecular flexibility index (Phi) is 3.88. The molecular weight excluding hydrogens is 184 g/mol. The second-order valence-electron chi connectivity index (χ2n) is 3.55. The Hall–Kier alpha value is -1.10. The molecule has 2 atom stereocenters. The molecule has 1 amide bonds. The molecule has 1 fully saturated rings. The summed E-state index contributed by atoms with van der Waals surface area (Å²) in [6, 6.07) is -0.562. The highest BCUT2D eigenvalue weighted by molar-refractivity contribution is 5.79. The van der Waals surface area contributed by atoms with Crippen molar-refractivity contribution in [2.24, 2.45) is 0 Å². The molecule has 14 heavy (non-hydrogen) atoms. The van der Waals surface area contributed by atoms with Gasteiger partial charge in [0.25, 0.3) is 0 Å². The molecule has 1 rings (SSSR count). The molecule has 1 aliphatic heterocycles. The summed E-state index contributed by atoms with van der Waals surface area (Å²) >= 11 is 0. The van der Waals surface area contributed by atoms with Crippen LogP contribution in [0.2, 0.25) is 0 Å². The molecule has 0 radical (unpaired) electrons. The first-order valence-electron chi connectivity index (χ1n) is 4.89. The van der Waals surface area contributed by atoms with Crippen LogP contribution >= 0.6 is 0 Å². The minimum Gasteiger partial charge on any atom is -0.480 e. The lowest BCUT2D eigenvalue weighted by Gasteiger charge is -2.17. The van der Waals surface area contributed by atoms with Gasteiger partial charge in [0.2, 0.25) is 5.91 Å². The zero-order valence-electron chi connectivity index (χ0n) is 8.25. The summed E-state index contributed by atoms with van der Waals surface area (Å²) in [5, 5.41) is 14.5. The maximum Gasteiger partial charge on any atom is 0.320 e. The average Bonchev–Trinajstić information content (AvgIpc) is 2.50. The first-order valence-corrected chi connectivity index (χ1v) is 4.89. The average molecular weight is 200 g/mol. The molecule has 5 heteroatoms. The SMILES string of the molecule is CCCC(NC1CNC(=O)C1)C(=O)O. The van der Waals surface area contributed by atoms with Crippen LogP contribution in [0, 0.1) is 0 Å². The van der Waals surface area contributed by atoms with Crippen LogP contribution < -0.4 is 10.6 Å². The zero-order chi connectivity index (χ0) is 10.6. The number of hydrogen-bond donors (Lipinski definition) is 3. The van der Waals surface area contributed by atoms with Crippen LogP contribution in [0.25, 0.3) is 0 Å². The van der Waals surface area contributed by atoms with E-state index in [1.165, 1.54) is 0 Å². The van der Waals surface area contributed by atoms with Gasteiger partial charge in [-0.3, -0.25) is 14.9 Å². The molecule has 1 aliphatic rings. The third kappa shape index (κ3) is 2.99. The second-order valence-corrected chi connectivity index (χ2v) is 3.55. The summed E-state index contributed by atoms with van der Waals surface area (Å²) in [6.45, 7) is 2.47. The fourth-order valence-electron chi connectivity index (χ4n) is 1.57. The number of aliphatic carboxylic acids is 1. The lowest BCUT2D eigenvalue weighted by atomic mass is 10.1. The second kappa shape index (κ2) is 4.95. The van der Waals surface area contributed by atoms with E-state index in [-0.39, 0.29) is 11.9 Å². The van der Waals surface area contributed by atoms with E-state index in [9.17, 15) is 9.59 Å². The number of carbonyl (C=O) groups is 2. The number of carboxylic acids is 1. The standard InChI is InChI=1S/C9H16N2O3/c1-2-3-7(9(13)14)11-6-4-8(12)10-5-6/h6-7,11H,2-5H2,1H3,(H,10,12)(H,13,14). The number of rotatable bonds is 5. The van der Waals surface area contributed by atoms with E-state index in [1.54, 1.807) is 0 Å². The quantitative estimate of drug-likeness (QED) is 0.570. The van der Waals surface area contributed by atoms with Gasteiger partial charge < -0.3 is 10.4 Å². The van der Waals surface area contributed by atoms with Gasteiger partial charge >= 0.3 is 5.97 Å². The maximum atomic E-state index is 10.9. The van der Waals surface area contributed by atoms with Crippen LogP contribution in [0.3, 0.4) is 0 Å². The Bertz CT molecular complexity index is 230. The number of hydrogen-bond acceptors (Lipinski definition) is 3. The zero-order valence-corrected chi connectivity index (χ0v) is 8.25. The smallest absolute Gasteiger partial charge is 0.320 e. The predicted octanol–water partition coefficient (Wildman–Crippen LogP) is -0.282. The number of carbonyl (C=O) groups excluding carboxylic acids is 1. The fraction of sp³-hybridized carbons (Fsp3) is 0.778. The largest absolute Gasteiger partial charge is 0.480 e.